The van der Waals surface area contributed by atoms with Crippen LogP contribution in [0.25, 0.3) is 0 Å². The van der Waals surface area contributed by atoms with E-state index in [1.165, 1.54) is 0 Å². The molecule has 0 aromatic carbocycles. The molecule has 0 saturated carbocycles. The number of hydrogen-bond acceptors (Lipinski definition) is 3. The fraction of sp³-hybridized carbons (Fsp3) is 0.615. The Morgan fingerprint density at radius 1 is 1.47 bits per heavy atom. The summed E-state index contributed by atoms with van der Waals surface area (Å²) in [6.45, 7) is 4.05. The molecule has 0 unspecified atom stereocenters. The Morgan fingerprint density at radius 3 is 2.42 bits per heavy atom. The number of thiocarbonyl (C=S) groups is 1. The molecule has 1 aromatic rings. The lowest BCUT2D eigenvalue weighted by Gasteiger charge is -2.30. The van der Waals surface area contributed by atoms with Gasteiger partial charge in [0.25, 0.3) is 0 Å². The van der Waals surface area contributed by atoms with Crippen molar-refractivity contribution in [3.63, 3.8) is 0 Å². The summed E-state index contributed by atoms with van der Waals surface area (Å²) in [5.74, 6) is 0.378. The van der Waals surface area contributed by atoms with Gasteiger partial charge < -0.3 is 11.1 Å². The summed E-state index contributed by atoms with van der Waals surface area (Å²) >= 11 is 5.15. The summed E-state index contributed by atoms with van der Waals surface area (Å²) in [6.07, 6.45) is 4.81. The van der Waals surface area contributed by atoms with Gasteiger partial charge in [-0.15, -0.1) is 0 Å². The minimum absolute atomic E-state index is 0.151. The first-order valence-corrected chi connectivity index (χ1v) is 6.98. The number of hydrogen-bond donors (Lipinski definition) is 2. The van der Waals surface area contributed by atoms with E-state index in [-0.39, 0.29) is 10.9 Å². The topological polar surface area (TPSA) is 72.9 Å². The predicted molar refractivity (Wildman–Crippen MR) is 80.9 cm³/mol. The number of anilines is 1. The smallest absolute Gasteiger partial charge is 0.238 e. The van der Waals surface area contributed by atoms with E-state index in [1.54, 1.807) is 24.0 Å². The number of aromatic nitrogens is 2. The monoisotopic (exact) mass is 282 g/mol. The van der Waals surface area contributed by atoms with Crippen molar-refractivity contribution in [2.24, 2.45) is 18.2 Å². The zero-order valence-electron chi connectivity index (χ0n) is 11.8. The van der Waals surface area contributed by atoms with Crippen molar-refractivity contribution >= 4 is 28.9 Å². The van der Waals surface area contributed by atoms with Crippen molar-refractivity contribution in [1.82, 2.24) is 9.78 Å². The highest BCUT2D eigenvalue weighted by atomic mass is 32.1. The molecule has 1 rings (SSSR count). The van der Waals surface area contributed by atoms with Crippen LogP contribution in [0.15, 0.2) is 12.3 Å². The maximum atomic E-state index is 12.5. The van der Waals surface area contributed by atoms with Crippen LogP contribution in [0.3, 0.4) is 0 Å². The Morgan fingerprint density at radius 2 is 2.05 bits per heavy atom. The molecule has 0 radical (unpaired) electrons. The van der Waals surface area contributed by atoms with Crippen molar-refractivity contribution < 1.29 is 4.79 Å². The highest BCUT2D eigenvalue weighted by Gasteiger charge is 2.40. The van der Waals surface area contributed by atoms with E-state index in [9.17, 15) is 4.79 Å². The normalized spacial score (nSPS) is 11.3. The third-order valence-corrected chi connectivity index (χ3v) is 3.61. The molecule has 6 heteroatoms. The van der Waals surface area contributed by atoms with E-state index in [1.807, 2.05) is 13.8 Å². The molecule has 19 heavy (non-hydrogen) atoms. The van der Waals surface area contributed by atoms with Gasteiger partial charge in [-0.05, 0) is 12.8 Å². The van der Waals surface area contributed by atoms with Gasteiger partial charge in [0.15, 0.2) is 5.82 Å². The molecule has 0 spiro atoms. The molecule has 0 aliphatic rings. The molecule has 0 aliphatic heterocycles. The molecule has 5 nitrogen and oxygen atoms in total. The maximum absolute atomic E-state index is 12.5. The zero-order valence-corrected chi connectivity index (χ0v) is 12.6. The van der Waals surface area contributed by atoms with Crippen LogP contribution >= 0.6 is 12.2 Å². The van der Waals surface area contributed by atoms with Gasteiger partial charge in [0.05, 0.1) is 10.4 Å². The molecule has 0 aliphatic carbocycles. The lowest BCUT2D eigenvalue weighted by Crippen LogP contribution is -2.46. The van der Waals surface area contributed by atoms with Gasteiger partial charge >= 0.3 is 0 Å². The number of carbonyl (C=O) groups is 1. The number of rotatable bonds is 7. The summed E-state index contributed by atoms with van der Waals surface area (Å²) in [7, 11) is 1.80. The van der Waals surface area contributed by atoms with E-state index in [0.29, 0.717) is 18.7 Å². The predicted octanol–water partition coefficient (Wildman–Crippen LogP) is 2.23. The van der Waals surface area contributed by atoms with Crippen molar-refractivity contribution in [3.05, 3.63) is 12.3 Å². The van der Waals surface area contributed by atoms with Crippen LogP contribution in [0.5, 0.6) is 0 Å². The van der Waals surface area contributed by atoms with Gasteiger partial charge in [0, 0.05) is 19.3 Å². The van der Waals surface area contributed by atoms with Gasteiger partial charge in [-0.2, -0.15) is 5.10 Å². The third kappa shape index (κ3) is 3.53. The van der Waals surface area contributed by atoms with Crippen molar-refractivity contribution in [3.8, 4) is 0 Å². The zero-order chi connectivity index (χ0) is 14.5. The van der Waals surface area contributed by atoms with Crippen LogP contribution in [0, 0.1) is 5.41 Å². The molecular formula is C13H22N4OS. The second kappa shape index (κ2) is 6.65. The maximum Gasteiger partial charge on any atom is 0.238 e. The van der Waals surface area contributed by atoms with Crippen molar-refractivity contribution in [2.45, 2.75) is 39.5 Å². The molecule has 106 valence electrons. The first kappa shape index (κ1) is 15.6. The Kier molecular flexibility index (Phi) is 5.47. The first-order valence-electron chi connectivity index (χ1n) is 6.57. The molecule has 0 fully saturated rings. The van der Waals surface area contributed by atoms with Crippen LogP contribution < -0.4 is 11.1 Å². The standard InChI is InChI=1S/C13H22N4OS/c1-4-7-13(8-5-2,11(14)19)12(18)15-10-6-9-17(3)16-10/h6,9H,4-5,7-8H2,1-3H3,(H2,14,19)(H,15,16,18). The lowest BCUT2D eigenvalue weighted by atomic mass is 9.78. The number of carbonyl (C=O) groups excluding carboxylic acids is 1. The van der Waals surface area contributed by atoms with E-state index in [0.717, 1.165) is 12.8 Å². The van der Waals surface area contributed by atoms with Gasteiger partial charge in [-0.1, -0.05) is 38.9 Å². The largest absolute Gasteiger partial charge is 0.392 e. The summed E-state index contributed by atoms with van der Waals surface area (Å²) in [5.41, 5.74) is 5.08. The van der Waals surface area contributed by atoms with E-state index in [4.69, 9.17) is 18.0 Å². The van der Waals surface area contributed by atoms with Gasteiger partial charge in [-0.25, -0.2) is 0 Å². The van der Waals surface area contributed by atoms with Gasteiger partial charge in [0.2, 0.25) is 5.91 Å². The molecular weight excluding hydrogens is 260 g/mol. The SMILES string of the molecule is CCCC(CCC)(C(=O)Nc1ccn(C)n1)C(N)=S. The summed E-state index contributed by atoms with van der Waals surface area (Å²) in [6, 6.07) is 1.75. The average Bonchev–Trinajstić information content (AvgIpc) is 2.73. The fourth-order valence-electron chi connectivity index (χ4n) is 2.28. The van der Waals surface area contributed by atoms with Crippen molar-refractivity contribution in [1.29, 1.82) is 0 Å². The molecule has 3 N–H and O–H groups in total. The minimum atomic E-state index is -0.768. The summed E-state index contributed by atoms with van der Waals surface area (Å²) in [4.78, 5) is 12.8. The number of nitrogens with zero attached hydrogens (tertiary/aromatic N) is 2. The molecule has 1 aromatic heterocycles. The van der Waals surface area contributed by atoms with Crippen LogP contribution in [0.2, 0.25) is 0 Å². The Balaban J connectivity index is 2.95. The molecule has 1 amide bonds. The molecule has 0 atom stereocenters. The van der Waals surface area contributed by atoms with Crippen LogP contribution in [0.4, 0.5) is 5.82 Å². The molecule has 0 saturated heterocycles. The number of nitrogens with one attached hydrogen (secondary N) is 1. The second-order valence-electron chi connectivity index (χ2n) is 4.78. The van der Waals surface area contributed by atoms with Crippen LogP contribution in [-0.2, 0) is 11.8 Å². The highest BCUT2D eigenvalue weighted by Crippen LogP contribution is 2.32. The van der Waals surface area contributed by atoms with E-state index < -0.39 is 5.41 Å². The Hall–Kier alpha value is -1.43. The average molecular weight is 282 g/mol. The quantitative estimate of drug-likeness (QED) is 0.752. The number of aryl methyl sites for hydroxylation is 1. The van der Waals surface area contributed by atoms with E-state index >= 15 is 0 Å². The fourth-order valence-corrected chi connectivity index (χ4v) is 2.58. The van der Waals surface area contributed by atoms with E-state index in [2.05, 4.69) is 10.4 Å². The highest BCUT2D eigenvalue weighted by molar-refractivity contribution is 7.80. The third-order valence-electron chi connectivity index (χ3n) is 3.22. The number of nitrogens with two attached hydrogens (primary N) is 1. The summed E-state index contributed by atoms with van der Waals surface area (Å²) < 4.78 is 1.64. The molecule has 0 bridgehead atoms. The Labute approximate surface area is 119 Å². The van der Waals surface area contributed by atoms with Crippen LogP contribution in [0.1, 0.15) is 39.5 Å². The van der Waals surface area contributed by atoms with Gasteiger partial charge in [-0.3, -0.25) is 9.48 Å². The first-order chi connectivity index (χ1) is 8.96. The molecule has 1 heterocycles. The Bertz CT molecular complexity index is 449. The van der Waals surface area contributed by atoms with Crippen LogP contribution in [-0.4, -0.2) is 20.7 Å². The van der Waals surface area contributed by atoms with Gasteiger partial charge in [0.1, 0.15) is 0 Å². The lowest BCUT2D eigenvalue weighted by molar-refractivity contribution is -0.122. The van der Waals surface area contributed by atoms with Crippen molar-refractivity contribution in [2.75, 3.05) is 5.32 Å². The summed E-state index contributed by atoms with van der Waals surface area (Å²) in [5, 5.41) is 6.96. The minimum Gasteiger partial charge on any atom is -0.392 e. The number of amides is 1. The second-order valence-corrected chi connectivity index (χ2v) is 5.21.